The van der Waals surface area contributed by atoms with Crippen LogP contribution in [0.1, 0.15) is 43.1 Å². The van der Waals surface area contributed by atoms with Gasteiger partial charge in [0.25, 0.3) is 0 Å². The zero-order valence-electron chi connectivity index (χ0n) is 17.4. The van der Waals surface area contributed by atoms with Crippen molar-refractivity contribution in [1.82, 2.24) is 20.0 Å². The first-order valence-corrected chi connectivity index (χ1v) is 11.4. The van der Waals surface area contributed by atoms with Crippen molar-refractivity contribution in [3.8, 4) is 0 Å². The topological polar surface area (TPSA) is 109 Å². The molecule has 1 aromatic carbocycles. The Kier molecular flexibility index (Phi) is 7.05. The lowest BCUT2D eigenvalue weighted by atomic mass is 9.92. The van der Waals surface area contributed by atoms with E-state index in [9.17, 15) is 14.4 Å². The fourth-order valence-corrected chi connectivity index (χ4v) is 4.83. The number of nitrogens with zero attached hydrogens (tertiary/aromatic N) is 3. The Morgan fingerprint density at radius 3 is 2.25 bits per heavy atom. The number of ether oxygens (including phenoxy) is 1. The van der Waals surface area contributed by atoms with Gasteiger partial charge in [0.2, 0.25) is 11.8 Å². The number of halogens is 2. The van der Waals surface area contributed by atoms with Crippen LogP contribution in [0.3, 0.4) is 0 Å². The molecule has 0 saturated carbocycles. The number of likely N-dealkylation sites (tertiary alicyclic amines) is 2. The average molecular weight is 483 g/mol. The number of hydrogen-bond donors (Lipinski definition) is 1. The van der Waals surface area contributed by atoms with E-state index < -0.39 is 11.8 Å². The molecule has 0 bridgehead atoms. The normalized spacial score (nSPS) is 18.1. The van der Waals surface area contributed by atoms with Crippen LogP contribution in [0.5, 0.6) is 0 Å². The van der Waals surface area contributed by atoms with Crippen molar-refractivity contribution in [1.29, 1.82) is 0 Å². The highest BCUT2D eigenvalue weighted by Crippen LogP contribution is 2.28. The van der Waals surface area contributed by atoms with Crippen LogP contribution in [0.25, 0.3) is 0 Å². The standard InChI is InChI=1S/C21H24Cl2N4O5/c22-16-9-13(10-17(23)11-16)12-31-21(30)27-7-3-15(4-8-27)19(28)26-5-1-14(2-6-26)18-24-25-20(29)32-18/h9-11,14-15H,1-8,12H2,(H,25,29). The molecule has 0 atom stereocenters. The third-order valence-electron chi connectivity index (χ3n) is 6.00. The molecule has 2 aromatic rings. The van der Waals surface area contributed by atoms with Gasteiger partial charge in [0.05, 0.1) is 0 Å². The van der Waals surface area contributed by atoms with Gasteiger partial charge in [-0.25, -0.2) is 14.7 Å². The molecule has 0 spiro atoms. The van der Waals surface area contributed by atoms with Crippen LogP contribution in [0.4, 0.5) is 4.79 Å². The summed E-state index contributed by atoms with van der Waals surface area (Å²) in [5, 5.41) is 7.15. The molecular weight excluding hydrogens is 459 g/mol. The van der Waals surface area contributed by atoms with Crippen LogP contribution in [0, 0.1) is 5.92 Å². The van der Waals surface area contributed by atoms with Crippen LogP contribution >= 0.6 is 23.2 Å². The maximum atomic E-state index is 12.9. The van der Waals surface area contributed by atoms with Crippen LogP contribution in [-0.4, -0.2) is 58.2 Å². The molecule has 0 radical (unpaired) electrons. The van der Waals surface area contributed by atoms with Gasteiger partial charge in [-0.2, -0.15) is 0 Å². The zero-order valence-corrected chi connectivity index (χ0v) is 18.9. The highest BCUT2D eigenvalue weighted by atomic mass is 35.5. The minimum Gasteiger partial charge on any atom is -0.445 e. The number of benzene rings is 1. The number of nitrogens with one attached hydrogen (secondary N) is 1. The van der Waals surface area contributed by atoms with Crippen molar-refractivity contribution in [3.63, 3.8) is 0 Å². The van der Waals surface area contributed by atoms with Gasteiger partial charge in [0.15, 0.2) is 0 Å². The molecule has 2 aliphatic heterocycles. The van der Waals surface area contributed by atoms with Crippen LogP contribution in [0.15, 0.2) is 27.4 Å². The number of amides is 2. The first kappa shape index (κ1) is 22.7. The Balaban J connectivity index is 1.21. The Bertz CT molecular complexity index is 1000. The van der Waals surface area contributed by atoms with E-state index in [-0.39, 0.29) is 24.3 Å². The average Bonchev–Trinajstić information content (AvgIpc) is 3.23. The van der Waals surface area contributed by atoms with E-state index in [1.165, 1.54) is 0 Å². The number of carbonyl (C=O) groups excluding carboxylic acids is 2. The second kappa shape index (κ2) is 9.95. The highest BCUT2D eigenvalue weighted by molar-refractivity contribution is 6.34. The van der Waals surface area contributed by atoms with Crippen LogP contribution in [0.2, 0.25) is 10.0 Å². The largest absolute Gasteiger partial charge is 0.445 e. The molecule has 3 heterocycles. The number of carbonyl (C=O) groups is 2. The highest BCUT2D eigenvalue weighted by Gasteiger charge is 2.33. The van der Waals surface area contributed by atoms with Crippen molar-refractivity contribution in [3.05, 3.63) is 50.2 Å². The van der Waals surface area contributed by atoms with E-state index in [0.29, 0.717) is 67.8 Å². The van der Waals surface area contributed by atoms with Gasteiger partial charge in [-0.15, -0.1) is 5.10 Å². The first-order valence-electron chi connectivity index (χ1n) is 10.6. The van der Waals surface area contributed by atoms with Gasteiger partial charge in [-0.05, 0) is 49.4 Å². The molecule has 2 amide bonds. The summed E-state index contributed by atoms with van der Waals surface area (Å²) in [7, 11) is 0. The monoisotopic (exact) mass is 482 g/mol. The summed E-state index contributed by atoms with van der Waals surface area (Å²) in [4.78, 5) is 39.9. The Hall–Kier alpha value is -2.52. The molecule has 9 nitrogen and oxygen atoms in total. The summed E-state index contributed by atoms with van der Waals surface area (Å²) in [5.41, 5.74) is 0.721. The van der Waals surface area contributed by atoms with Crippen molar-refractivity contribution < 1.29 is 18.7 Å². The van der Waals surface area contributed by atoms with Gasteiger partial charge in [0, 0.05) is 48.1 Å². The fraction of sp³-hybridized carbons (Fsp3) is 0.524. The van der Waals surface area contributed by atoms with Crippen LogP contribution < -0.4 is 5.76 Å². The molecule has 11 heteroatoms. The quantitative estimate of drug-likeness (QED) is 0.714. The lowest BCUT2D eigenvalue weighted by Gasteiger charge is -2.36. The van der Waals surface area contributed by atoms with Gasteiger partial charge < -0.3 is 19.0 Å². The van der Waals surface area contributed by atoms with E-state index in [4.69, 9.17) is 32.4 Å². The SMILES string of the molecule is O=C(OCc1cc(Cl)cc(Cl)c1)N1CCC(C(=O)N2CCC(c3n[nH]c(=O)o3)CC2)CC1. The van der Waals surface area contributed by atoms with Crippen molar-refractivity contribution in [2.24, 2.45) is 5.92 Å². The summed E-state index contributed by atoms with van der Waals surface area (Å²) in [6, 6.07) is 5.02. The number of H-pyrrole nitrogens is 1. The van der Waals surface area contributed by atoms with E-state index in [1.807, 2.05) is 4.90 Å². The minimum atomic E-state index is -0.555. The molecular formula is C21H24Cl2N4O5. The number of rotatable bonds is 4. The molecule has 2 fully saturated rings. The predicted octanol–water partition coefficient (Wildman–Crippen LogP) is 3.42. The maximum Gasteiger partial charge on any atom is 0.434 e. The Labute approximate surface area is 194 Å². The van der Waals surface area contributed by atoms with E-state index in [2.05, 4.69) is 10.2 Å². The van der Waals surface area contributed by atoms with Gasteiger partial charge in [-0.3, -0.25) is 4.79 Å². The summed E-state index contributed by atoms with van der Waals surface area (Å²) >= 11 is 11.9. The second-order valence-electron chi connectivity index (χ2n) is 8.14. The van der Waals surface area contributed by atoms with Crippen molar-refractivity contribution in [2.75, 3.05) is 26.2 Å². The molecule has 1 N–H and O–H groups in total. The number of aromatic amines is 1. The molecule has 2 aliphatic rings. The van der Waals surface area contributed by atoms with Crippen LogP contribution in [-0.2, 0) is 16.1 Å². The summed E-state index contributed by atoms with van der Waals surface area (Å²) in [5.74, 6) is -0.0858. The van der Waals surface area contributed by atoms with E-state index >= 15 is 0 Å². The minimum absolute atomic E-state index is 0.0454. The summed E-state index contributed by atoms with van der Waals surface area (Å²) in [6.45, 7) is 2.24. The number of piperidine rings is 2. The Morgan fingerprint density at radius 2 is 1.66 bits per heavy atom. The third kappa shape index (κ3) is 5.45. The summed E-state index contributed by atoms with van der Waals surface area (Å²) in [6.07, 6.45) is 2.21. The van der Waals surface area contributed by atoms with Crippen molar-refractivity contribution in [2.45, 2.75) is 38.2 Å². The lowest BCUT2D eigenvalue weighted by Crippen LogP contribution is -2.46. The summed E-state index contributed by atoms with van der Waals surface area (Å²) < 4.78 is 10.4. The van der Waals surface area contributed by atoms with Gasteiger partial charge in [-0.1, -0.05) is 23.2 Å². The fourth-order valence-electron chi connectivity index (χ4n) is 4.26. The second-order valence-corrected chi connectivity index (χ2v) is 9.02. The lowest BCUT2D eigenvalue weighted by molar-refractivity contribution is -0.138. The van der Waals surface area contributed by atoms with E-state index in [0.717, 1.165) is 5.56 Å². The van der Waals surface area contributed by atoms with E-state index in [1.54, 1.807) is 23.1 Å². The molecule has 0 unspecified atom stereocenters. The smallest absolute Gasteiger partial charge is 0.434 e. The molecule has 172 valence electrons. The molecule has 32 heavy (non-hydrogen) atoms. The molecule has 2 saturated heterocycles. The Morgan fingerprint density at radius 1 is 1.03 bits per heavy atom. The number of aromatic nitrogens is 2. The number of hydrogen-bond acceptors (Lipinski definition) is 6. The molecule has 0 aliphatic carbocycles. The van der Waals surface area contributed by atoms with Crippen molar-refractivity contribution >= 4 is 35.2 Å². The maximum absolute atomic E-state index is 12.9. The molecule has 4 rings (SSSR count). The first-order chi connectivity index (χ1) is 15.4. The predicted molar refractivity (Wildman–Crippen MR) is 117 cm³/mol. The zero-order chi connectivity index (χ0) is 22.7. The van der Waals surface area contributed by atoms with Gasteiger partial charge in [0.1, 0.15) is 6.61 Å². The third-order valence-corrected chi connectivity index (χ3v) is 6.43. The molecule has 1 aromatic heterocycles. The van der Waals surface area contributed by atoms with Gasteiger partial charge >= 0.3 is 11.8 Å².